The van der Waals surface area contributed by atoms with Gasteiger partial charge in [0.2, 0.25) is 0 Å². The van der Waals surface area contributed by atoms with E-state index in [1.54, 1.807) is 35.3 Å². The molecule has 4 rings (SSSR count). The van der Waals surface area contributed by atoms with Gasteiger partial charge in [0.1, 0.15) is 11.5 Å². The summed E-state index contributed by atoms with van der Waals surface area (Å²) in [6.07, 6.45) is 1.57. The van der Waals surface area contributed by atoms with Crippen LogP contribution in [0.3, 0.4) is 0 Å². The van der Waals surface area contributed by atoms with E-state index in [1.807, 2.05) is 30.3 Å². The summed E-state index contributed by atoms with van der Waals surface area (Å²) in [4.78, 5) is 33.1. The molecule has 1 N–H and O–H groups in total. The van der Waals surface area contributed by atoms with Gasteiger partial charge < -0.3 is 5.32 Å². The number of nitrogens with zero attached hydrogens (tertiary/aromatic N) is 3. The highest BCUT2D eigenvalue weighted by Gasteiger charge is 2.10. The van der Waals surface area contributed by atoms with E-state index < -0.39 is 0 Å². The average Bonchev–Trinajstić information content (AvgIpc) is 3.23. The van der Waals surface area contributed by atoms with Crippen LogP contribution < -0.4 is 10.9 Å². The Morgan fingerprint density at radius 2 is 1.96 bits per heavy atom. The molecule has 0 aliphatic rings. The van der Waals surface area contributed by atoms with Crippen LogP contribution in [-0.2, 0) is 0 Å². The van der Waals surface area contributed by atoms with Gasteiger partial charge in [0.15, 0.2) is 0 Å². The van der Waals surface area contributed by atoms with Crippen LogP contribution in [0.15, 0.2) is 76.5 Å². The van der Waals surface area contributed by atoms with Gasteiger partial charge in [0.05, 0.1) is 11.2 Å². The summed E-state index contributed by atoms with van der Waals surface area (Å²) in [5.74, 6) is 0.110. The topological polar surface area (TPSA) is 76.9 Å². The quantitative estimate of drug-likeness (QED) is 0.547. The summed E-state index contributed by atoms with van der Waals surface area (Å²) in [5.41, 5.74) is 3.52. The number of amides is 1. The Morgan fingerprint density at radius 1 is 1.11 bits per heavy atom. The van der Waals surface area contributed by atoms with E-state index >= 15 is 0 Å². The lowest BCUT2D eigenvalue weighted by molar-refractivity contribution is 0.102. The van der Waals surface area contributed by atoms with Gasteiger partial charge in [-0.05, 0) is 30.3 Å². The van der Waals surface area contributed by atoms with Crippen LogP contribution >= 0.6 is 22.9 Å². The van der Waals surface area contributed by atoms with Crippen molar-refractivity contribution in [3.05, 3.63) is 92.8 Å². The maximum absolute atomic E-state index is 12.5. The monoisotopic (exact) mass is 408 g/mol. The Balaban J connectivity index is 1.62. The second kappa shape index (κ2) is 7.75. The van der Waals surface area contributed by atoms with Gasteiger partial charge in [0, 0.05) is 33.9 Å². The zero-order valence-corrected chi connectivity index (χ0v) is 15.9. The van der Waals surface area contributed by atoms with E-state index in [9.17, 15) is 9.59 Å². The molecule has 0 atom stereocenters. The van der Waals surface area contributed by atoms with Crippen LogP contribution in [-0.4, -0.2) is 20.4 Å². The molecule has 0 fully saturated rings. The Hall–Kier alpha value is -3.29. The first kappa shape index (κ1) is 18.1. The molecule has 0 aliphatic carbocycles. The molecule has 0 spiro atoms. The molecule has 8 heteroatoms. The van der Waals surface area contributed by atoms with Gasteiger partial charge in [0.25, 0.3) is 11.5 Å². The van der Waals surface area contributed by atoms with E-state index in [0.29, 0.717) is 27.9 Å². The van der Waals surface area contributed by atoms with E-state index in [0.717, 1.165) is 5.56 Å². The standard InChI is InChI=1S/C20H13ClN4O2S/c21-14-4-1-3-13(9-14)16-5-2-6-18(24-16)25-8-7-15(10-19(25)26)23-20(27)17-11-28-12-22-17/h1-12H,(H,23,27). The minimum atomic E-state index is -0.362. The second-order valence-corrected chi connectivity index (χ2v) is 7.00. The summed E-state index contributed by atoms with van der Waals surface area (Å²) >= 11 is 7.38. The van der Waals surface area contributed by atoms with Gasteiger partial charge in [-0.1, -0.05) is 29.8 Å². The predicted octanol–water partition coefficient (Wildman–Crippen LogP) is 4.26. The number of benzene rings is 1. The number of pyridine rings is 2. The highest BCUT2D eigenvalue weighted by Crippen LogP contribution is 2.21. The minimum Gasteiger partial charge on any atom is -0.320 e. The summed E-state index contributed by atoms with van der Waals surface area (Å²) in [6, 6.07) is 15.7. The lowest BCUT2D eigenvalue weighted by Crippen LogP contribution is -2.20. The highest BCUT2D eigenvalue weighted by molar-refractivity contribution is 7.07. The average molecular weight is 409 g/mol. The van der Waals surface area contributed by atoms with E-state index in [-0.39, 0.29) is 11.5 Å². The lowest BCUT2D eigenvalue weighted by atomic mass is 10.1. The third kappa shape index (κ3) is 3.85. The largest absolute Gasteiger partial charge is 0.320 e. The molecule has 1 aromatic carbocycles. The molecule has 6 nitrogen and oxygen atoms in total. The Morgan fingerprint density at radius 3 is 2.71 bits per heavy atom. The van der Waals surface area contributed by atoms with E-state index in [2.05, 4.69) is 15.3 Å². The van der Waals surface area contributed by atoms with Gasteiger partial charge in [-0.3, -0.25) is 14.2 Å². The van der Waals surface area contributed by atoms with Crippen molar-refractivity contribution in [1.82, 2.24) is 14.5 Å². The van der Waals surface area contributed by atoms with Crippen LogP contribution in [0, 0.1) is 0 Å². The number of anilines is 1. The zero-order valence-electron chi connectivity index (χ0n) is 14.4. The Bertz CT molecular complexity index is 1200. The number of hydrogen-bond donors (Lipinski definition) is 1. The van der Waals surface area contributed by atoms with E-state index in [1.165, 1.54) is 22.0 Å². The molecular weight excluding hydrogens is 396 g/mol. The molecule has 0 unspecified atom stereocenters. The summed E-state index contributed by atoms with van der Waals surface area (Å²) in [5, 5.41) is 4.92. The van der Waals surface area contributed by atoms with Crippen LogP contribution in [0.25, 0.3) is 17.1 Å². The van der Waals surface area contributed by atoms with Crippen molar-refractivity contribution in [2.75, 3.05) is 5.32 Å². The van der Waals surface area contributed by atoms with Gasteiger partial charge in [-0.25, -0.2) is 9.97 Å². The van der Waals surface area contributed by atoms with Crippen molar-refractivity contribution in [3.8, 4) is 17.1 Å². The fourth-order valence-corrected chi connectivity index (χ4v) is 3.35. The number of halogens is 1. The Labute approximate surface area is 169 Å². The van der Waals surface area contributed by atoms with Crippen molar-refractivity contribution in [2.45, 2.75) is 0 Å². The normalized spacial score (nSPS) is 10.6. The molecule has 3 aromatic heterocycles. The molecule has 3 heterocycles. The first-order valence-electron chi connectivity index (χ1n) is 8.26. The highest BCUT2D eigenvalue weighted by atomic mass is 35.5. The Kier molecular flexibility index (Phi) is 5.01. The van der Waals surface area contributed by atoms with Crippen LogP contribution in [0.5, 0.6) is 0 Å². The molecule has 0 saturated heterocycles. The smallest absolute Gasteiger partial charge is 0.275 e. The van der Waals surface area contributed by atoms with Crippen LogP contribution in [0.4, 0.5) is 5.69 Å². The van der Waals surface area contributed by atoms with Gasteiger partial charge in [-0.2, -0.15) is 0 Å². The number of nitrogens with one attached hydrogen (secondary N) is 1. The number of thiazole rings is 1. The number of rotatable bonds is 4. The van der Waals surface area contributed by atoms with Crippen molar-refractivity contribution in [1.29, 1.82) is 0 Å². The second-order valence-electron chi connectivity index (χ2n) is 5.84. The number of carbonyl (C=O) groups is 1. The zero-order chi connectivity index (χ0) is 19.5. The molecule has 0 bridgehead atoms. The summed E-state index contributed by atoms with van der Waals surface area (Å²) in [7, 11) is 0. The molecule has 4 aromatic rings. The van der Waals surface area contributed by atoms with Crippen molar-refractivity contribution in [3.63, 3.8) is 0 Å². The number of hydrogen-bond acceptors (Lipinski definition) is 5. The van der Waals surface area contributed by atoms with Crippen LogP contribution in [0.2, 0.25) is 5.02 Å². The molecule has 1 amide bonds. The fourth-order valence-electron chi connectivity index (χ4n) is 2.63. The minimum absolute atomic E-state index is 0.310. The molecule has 28 heavy (non-hydrogen) atoms. The van der Waals surface area contributed by atoms with Gasteiger partial charge >= 0.3 is 0 Å². The van der Waals surface area contributed by atoms with Crippen LogP contribution in [0.1, 0.15) is 10.5 Å². The maximum atomic E-state index is 12.5. The van der Waals surface area contributed by atoms with E-state index in [4.69, 9.17) is 11.6 Å². The summed E-state index contributed by atoms with van der Waals surface area (Å²) in [6.45, 7) is 0. The number of aromatic nitrogens is 3. The molecular formula is C20H13ClN4O2S. The van der Waals surface area contributed by atoms with Gasteiger partial charge in [-0.15, -0.1) is 11.3 Å². The fraction of sp³-hybridized carbons (Fsp3) is 0. The lowest BCUT2D eigenvalue weighted by Gasteiger charge is -2.09. The molecule has 138 valence electrons. The van der Waals surface area contributed by atoms with Crippen molar-refractivity contribution in [2.24, 2.45) is 0 Å². The third-order valence-electron chi connectivity index (χ3n) is 3.94. The molecule has 0 aliphatic heterocycles. The first-order valence-corrected chi connectivity index (χ1v) is 9.58. The third-order valence-corrected chi connectivity index (χ3v) is 4.77. The molecule has 0 radical (unpaired) electrons. The molecule has 0 saturated carbocycles. The number of carbonyl (C=O) groups excluding carboxylic acids is 1. The van der Waals surface area contributed by atoms with Crippen molar-refractivity contribution < 1.29 is 4.79 Å². The summed E-state index contributed by atoms with van der Waals surface area (Å²) < 4.78 is 1.41. The van der Waals surface area contributed by atoms with Crippen molar-refractivity contribution >= 4 is 34.5 Å². The predicted molar refractivity (Wildman–Crippen MR) is 110 cm³/mol. The maximum Gasteiger partial charge on any atom is 0.275 e. The first-order chi connectivity index (χ1) is 13.6. The SMILES string of the molecule is O=C(Nc1ccn(-c2cccc(-c3cccc(Cl)c3)n2)c(=O)c1)c1cscn1.